The Morgan fingerprint density at radius 2 is 1.85 bits per heavy atom. The van der Waals surface area contributed by atoms with Crippen LogP contribution in [0.1, 0.15) is 49.8 Å². The van der Waals surface area contributed by atoms with Gasteiger partial charge in [-0.15, -0.1) is 0 Å². The molecule has 0 unspecified atom stereocenters. The summed E-state index contributed by atoms with van der Waals surface area (Å²) in [6.45, 7) is -0.173. The van der Waals surface area contributed by atoms with Crippen molar-refractivity contribution in [1.82, 2.24) is 34.7 Å². The van der Waals surface area contributed by atoms with Crippen LogP contribution in [0.3, 0.4) is 0 Å². The molecule has 2 aliphatic rings. The molecule has 1 amide bonds. The number of hydrogen-bond donors (Lipinski definition) is 2. The first kappa shape index (κ1) is 30.0. The van der Waals surface area contributed by atoms with Crippen LogP contribution in [0.5, 0.6) is 11.6 Å². The Hall–Kier alpha value is -4.65. The van der Waals surface area contributed by atoms with E-state index in [1.165, 1.54) is 25.7 Å². The number of H-pyrrole nitrogens is 1. The van der Waals surface area contributed by atoms with Gasteiger partial charge in [0, 0.05) is 30.1 Å². The maximum atomic E-state index is 14.2. The van der Waals surface area contributed by atoms with E-state index in [0.29, 0.717) is 54.1 Å². The summed E-state index contributed by atoms with van der Waals surface area (Å²) in [6.07, 6.45) is 1.59. The van der Waals surface area contributed by atoms with Crippen LogP contribution in [-0.2, 0) is 17.5 Å². The normalized spacial score (nSPS) is 19.0. The molecule has 1 saturated carbocycles. The summed E-state index contributed by atoms with van der Waals surface area (Å²) in [6, 6.07) is 14.2. The molecule has 1 aliphatic heterocycles. The van der Waals surface area contributed by atoms with E-state index in [-0.39, 0.29) is 17.1 Å². The Labute approximate surface area is 262 Å². The first-order valence-electron chi connectivity index (χ1n) is 15.4. The number of carbonyl (C=O) groups is 1. The van der Waals surface area contributed by atoms with Crippen molar-refractivity contribution >= 4 is 27.8 Å². The van der Waals surface area contributed by atoms with E-state index in [9.17, 15) is 18.0 Å². The van der Waals surface area contributed by atoms with Gasteiger partial charge < -0.3 is 29.2 Å². The number of aromatic nitrogens is 5. The molecule has 13 heteroatoms. The van der Waals surface area contributed by atoms with Crippen LogP contribution in [0.4, 0.5) is 13.2 Å². The van der Waals surface area contributed by atoms with Crippen molar-refractivity contribution in [3.63, 3.8) is 0 Å². The molecule has 46 heavy (non-hydrogen) atoms. The summed E-state index contributed by atoms with van der Waals surface area (Å²) in [5, 5.41) is 4.64. The van der Waals surface area contributed by atoms with Crippen molar-refractivity contribution < 1.29 is 27.4 Å². The van der Waals surface area contributed by atoms with Crippen molar-refractivity contribution in [1.29, 1.82) is 0 Å². The van der Waals surface area contributed by atoms with E-state index in [2.05, 4.69) is 20.3 Å². The number of alkyl halides is 3. The van der Waals surface area contributed by atoms with Gasteiger partial charge in [0.15, 0.2) is 0 Å². The number of benzene rings is 2. The van der Waals surface area contributed by atoms with Crippen molar-refractivity contribution in [3.8, 4) is 22.9 Å². The van der Waals surface area contributed by atoms with Crippen LogP contribution in [0.2, 0.25) is 0 Å². The number of amides is 1. The number of hydrogen-bond acceptors (Lipinski definition) is 7. The largest absolute Gasteiger partial charge is 0.497 e. The van der Waals surface area contributed by atoms with Crippen LogP contribution in [0.25, 0.3) is 33.2 Å². The molecule has 1 saturated heterocycles. The lowest BCUT2D eigenvalue weighted by molar-refractivity contribution is -0.148. The highest BCUT2D eigenvalue weighted by molar-refractivity contribution is 5.85. The minimum Gasteiger partial charge on any atom is -0.497 e. The van der Waals surface area contributed by atoms with Crippen LogP contribution in [0, 0.1) is 0 Å². The van der Waals surface area contributed by atoms with Crippen LogP contribution < -0.4 is 14.8 Å². The maximum absolute atomic E-state index is 14.2. The number of piperidine rings is 1. The van der Waals surface area contributed by atoms with Gasteiger partial charge in [0.1, 0.15) is 18.1 Å². The van der Waals surface area contributed by atoms with Crippen LogP contribution >= 0.6 is 0 Å². The van der Waals surface area contributed by atoms with Crippen LogP contribution in [-0.4, -0.2) is 68.2 Å². The summed E-state index contributed by atoms with van der Waals surface area (Å²) in [4.78, 5) is 32.3. The fourth-order valence-electron chi connectivity index (χ4n) is 6.50. The Kier molecular flexibility index (Phi) is 7.79. The lowest BCUT2D eigenvalue weighted by Crippen LogP contribution is -2.51. The third kappa shape index (κ3) is 5.63. The number of nitrogens with one attached hydrogen (secondary N) is 2. The number of methoxy groups -OCH3 is 2. The van der Waals surface area contributed by atoms with Gasteiger partial charge in [-0.05, 0) is 49.9 Å². The Bertz CT molecular complexity index is 1900. The molecule has 240 valence electrons. The third-order valence-electron chi connectivity index (χ3n) is 9.09. The molecular weight excluding hydrogens is 599 g/mol. The zero-order valence-corrected chi connectivity index (χ0v) is 25.5. The van der Waals surface area contributed by atoms with E-state index in [0.717, 1.165) is 28.3 Å². The lowest BCUT2D eigenvalue weighted by Gasteiger charge is -2.41. The number of imidazole rings is 2. The van der Waals surface area contributed by atoms with Crippen molar-refractivity contribution in [3.05, 3.63) is 66.4 Å². The van der Waals surface area contributed by atoms with Crippen molar-refractivity contribution in [2.45, 2.75) is 63.0 Å². The Balaban J connectivity index is 1.23. The van der Waals surface area contributed by atoms with Crippen LogP contribution in [0.15, 0.2) is 54.7 Å². The van der Waals surface area contributed by atoms with Gasteiger partial charge in [0.05, 0.1) is 54.3 Å². The molecule has 7 rings (SSSR count). The summed E-state index contributed by atoms with van der Waals surface area (Å²) in [5.41, 5.74) is 2.48. The predicted octanol–water partition coefficient (Wildman–Crippen LogP) is 5.89. The predicted molar refractivity (Wildman–Crippen MR) is 165 cm³/mol. The standard InChI is InChI=1S/C33H34F3N7O3/c1-45-22-10-11-25-27(16-22)43(32(41-25)33(34,35)36)18-29(44)42-13-12-21(38-20-7-5-8-20)15-28(42)30-37-17-26(39-30)23-14-19-6-3-4-9-24(19)40-31(23)46-2/h3-4,6,9-11,14,16-17,20-21,28,38H,5,7-8,12-13,15,18H2,1-2H3,(H,37,39)/t21-,28-/m0/s1. The van der Waals surface area contributed by atoms with Gasteiger partial charge in [-0.3, -0.25) is 4.79 Å². The molecule has 0 bridgehead atoms. The molecule has 2 aromatic carbocycles. The van der Waals surface area contributed by atoms with E-state index < -0.39 is 30.5 Å². The highest BCUT2D eigenvalue weighted by Crippen LogP contribution is 2.37. The molecular formula is C33H34F3N7O3. The quantitative estimate of drug-likeness (QED) is 0.220. The second kappa shape index (κ2) is 11.9. The summed E-state index contributed by atoms with van der Waals surface area (Å²) in [7, 11) is 2.99. The van der Waals surface area contributed by atoms with E-state index in [1.54, 1.807) is 24.3 Å². The number of ether oxygens (including phenoxy) is 2. The average Bonchev–Trinajstić information content (AvgIpc) is 3.67. The highest BCUT2D eigenvalue weighted by Gasteiger charge is 2.40. The van der Waals surface area contributed by atoms with Gasteiger partial charge in [-0.2, -0.15) is 13.2 Å². The molecule has 5 aromatic rings. The molecule has 2 fully saturated rings. The number of fused-ring (bicyclic) bond motifs is 2. The number of pyridine rings is 1. The number of para-hydroxylation sites is 1. The van der Waals surface area contributed by atoms with Gasteiger partial charge in [-0.1, -0.05) is 24.6 Å². The highest BCUT2D eigenvalue weighted by atomic mass is 19.4. The number of nitrogens with zero attached hydrogens (tertiary/aromatic N) is 5. The van der Waals surface area contributed by atoms with E-state index in [1.807, 2.05) is 30.3 Å². The zero-order chi connectivity index (χ0) is 32.0. The second-order valence-electron chi connectivity index (χ2n) is 11.9. The zero-order valence-electron chi connectivity index (χ0n) is 25.5. The van der Waals surface area contributed by atoms with Gasteiger partial charge in [0.25, 0.3) is 0 Å². The SMILES string of the molecule is COc1ccc2nc(C(F)(F)F)n(CC(=O)N3CC[C@H](NC4CCC4)C[C@H]3c3ncc(-c4cc5ccccc5nc4OC)[nH]3)c2c1. The summed E-state index contributed by atoms with van der Waals surface area (Å²) < 4.78 is 54.3. The third-order valence-corrected chi connectivity index (χ3v) is 9.09. The number of rotatable bonds is 8. The average molecular weight is 634 g/mol. The molecule has 3 aromatic heterocycles. The second-order valence-corrected chi connectivity index (χ2v) is 11.9. The molecule has 0 spiro atoms. The molecule has 4 heterocycles. The van der Waals surface area contributed by atoms with E-state index in [4.69, 9.17) is 14.5 Å². The number of likely N-dealkylation sites (tertiary alicyclic amines) is 1. The first-order valence-corrected chi connectivity index (χ1v) is 15.4. The topological polar surface area (TPSA) is 110 Å². The molecule has 0 radical (unpaired) electrons. The number of aromatic amines is 1. The molecule has 2 N–H and O–H groups in total. The van der Waals surface area contributed by atoms with Gasteiger partial charge in [0.2, 0.25) is 17.6 Å². The Morgan fingerprint density at radius 3 is 2.59 bits per heavy atom. The fourth-order valence-corrected chi connectivity index (χ4v) is 6.50. The summed E-state index contributed by atoms with van der Waals surface area (Å²) >= 11 is 0. The smallest absolute Gasteiger partial charge is 0.449 e. The minimum atomic E-state index is -4.76. The molecule has 1 aliphatic carbocycles. The van der Waals surface area contributed by atoms with Gasteiger partial charge in [-0.25, -0.2) is 15.0 Å². The Morgan fingerprint density at radius 1 is 1.02 bits per heavy atom. The maximum Gasteiger partial charge on any atom is 0.449 e. The van der Waals surface area contributed by atoms with E-state index >= 15 is 0 Å². The monoisotopic (exact) mass is 633 g/mol. The van der Waals surface area contributed by atoms with Gasteiger partial charge >= 0.3 is 6.18 Å². The first-order chi connectivity index (χ1) is 22.2. The van der Waals surface area contributed by atoms with Crippen molar-refractivity contribution in [2.75, 3.05) is 20.8 Å². The number of halogens is 3. The number of carbonyl (C=O) groups excluding carboxylic acids is 1. The van der Waals surface area contributed by atoms with Crippen molar-refractivity contribution in [2.24, 2.45) is 0 Å². The molecule has 10 nitrogen and oxygen atoms in total. The lowest BCUT2D eigenvalue weighted by atomic mass is 9.89. The molecule has 2 atom stereocenters. The minimum absolute atomic E-state index is 0.133. The summed E-state index contributed by atoms with van der Waals surface area (Å²) in [5.74, 6) is -0.234. The fraction of sp³-hybridized carbons (Fsp3) is 0.394.